The number of aromatic amines is 1. The molecule has 0 fully saturated rings. The van der Waals surface area contributed by atoms with E-state index in [4.69, 9.17) is 9.47 Å². The smallest absolute Gasteiger partial charge is 0.255 e. The molecule has 2 heterocycles. The number of phenols is 1. The fraction of sp³-hybridized carbons (Fsp3) is 0.190. The Hall–Kier alpha value is -3.26. The van der Waals surface area contributed by atoms with Crippen molar-refractivity contribution in [2.24, 2.45) is 0 Å². The molecule has 0 atom stereocenters. The molecule has 0 spiro atoms. The Morgan fingerprint density at radius 3 is 2.69 bits per heavy atom. The second-order valence-corrected chi connectivity index (χ2v) is 7.34. The third kappa shape index (κ3) is 3.97. The van der Waals surface area contributed by atoms with Gasteiger partial charge in [-0.3, -0.25) is 9.59 Å². The van der Waals surface area contributed by atoms with Crippen molar-refractivity contribution < 1.29 is 19.4 Å². The van der Waals surface area contributed by atoms with E-state index in [1.54, 1.807) is 24.3 Å². The highest BCUT2D eigenvalue weighted by atomic mass is 32.2. The summed E-state index contributed by atoms with van der Waals surface area (Å²) < 4.78 is 10.8. The highest BCUT2D eigenvalue weighted by Crippen LogP contribution is 2.36. The molecule has 0 aliphatic carbocycles. The second kappa shape index (κ2) is 8.00. The molecular formula is C21H18N2O5S. The first-order valence-corrected chi connectivity index (χ1v) is 10.0. The van der Waals surface area contributed by atoms with Gasteiger partial charge in [-0.05, 0) is 48.9 Å². The van der Waals surface area contributed by atoms with Gasteiger partial charge in [-0.2, -0.15) is 0 Å². The third-order valence-corrected chi connectivity index (χ3v) is 5.40. The van der Waals surface area contributed by atoms with Gasteiger partial charge in [0.1, 0.15) is 5.75 Å². The van der Waals surface area contributed by atoms with E-state index in [9.17, 15) is 14.7 Å². The topological polar surface area (TPSA) is 102 Å². The lowest BCUT2D eigenvalue weighted by Gasteiger charge is -2.10. The molecule has 2 aromatic carbocycles. The normalized spacial score (nSPS) is 12.2. The number of carbonyl (C=O) groups is 1. The number of ether oxygens (including phenoxy) is 2. The van der Waals surface area contributed by atoms with Gasteiger partial charge in [0, 0.05) is 16.7 Å². The lowest BCUT2D eigenvalue weighted by atomic mass is 10.0. The molecule has 0 saturated carbocycles. The van der Waals surface area contributed by atoms with E-state index in [2.05, 4.69) is 9.97 Å². The van der Waals surface area contributed by atoms with Gasteiger partial charge in [0.2, 0.25) is 6.79 Å². The van der Waals surface area contributed by atoms with E-state index >= 15 is 0 Å². The summed E-state index contributed by atoms with van der Waals surface area (Å²) >= 11 is 1.16. The summed E-state index contributed by atoms with van der Waals surface area (Å²) in [5, 5.41) is 9.71. The van der Waals surface area contributed by atoms with Gasteiger partial charge in [-0.15, -0.1) is 0 Å². The number of H-pyrrole nitrogens is 1. The molecular weight excluding hydrogens is 392 g/mol. The molecule has 1 aliphatic rings. The van der Waals surface area contributed by atoms with Crippen LogP contribution in [0.5, 0.6) is 17.2 Å². The van der Waals surface area contributed by atoms with Gasteiger partial charge >= 0.3 is 0 Å². The lowest BCUT2D eigenvalue weighted by molar-refractivity contribution is 0.102. The fourth-order valence-corrected chi connectivity index (χ4v) is 3.78. The molecule has 0 radical (unpaired) electrons. The Labute approximate surface area is 170 Å². The summed E-state index contributed by atoms with van der Waals surface area (Å²) in [4.78, 5) is 32.3. The number of aromatic nitrogens is 2. The monoisotopic (exact) mass is 410 g/mol. The molecule has 4 rings (SSSR count). The molecule has 0 bridgehead atoms. The number of nitrogens with one attached hydrogen (secondary N) is 1. The number of nitrogens with zero attached hydrogens (tertiary/aromatic N) is 1. The SMILES string of the molecule is CCc1c(-c2ccc3c(c2)OCO3)nc(SCC(=O)c2ccc(O)cc2)[nH]c1=O. The highest BCUT2D eigenvalue weighted by molar-refractivity contribution is 7.99. The molecule has 1 aliphatic heterocycles. The Morgan fingerprint density at radius 1 is 1.17 bits per heavy atom. The molecule has 3 aromatic rings. The van der Waals surface area contributed by atoms with E-state index < -0.39 is 0 Å². The van der Waals surface area contributed by atoms with Crippen LogP contribution in [0.1, 0.15) is 22.8 Å². The first kappa shape index (κ1) is 19.1. The van der Waals surface area contributed by atoms with Crippen molar-refractivity contribution in [1.82, 2.24) is 9.97 Å². The number of ketones is 1. The molecule has 2 N–H and O–H groups in total. The fourth-order valence-electron chi connectivity index (χ4n) is 3.02. The van der Waals surface area contributed by atoms with Crippen LogP contribution >= 0.6 is 11.8 Å². The van der Waals surface area contributed by atoms with Gasteiger partial charge in [0.15, 0.2) is 22.4 Å². The number of aromatic hydroxyl groups is 1. The Morgan fingerprint density at radius 2 is 1.93 bits per heavy atom. The molecule has 8 heteroatoms. The van der Waals surface area contributed by atoms with E-state index in [0.717, 1.165) is 17.3 Å². The van der Waals surface area contributed by atoms with Gasteiger partial charge in [0.05, 0.1) is 11.4 Å². The van der Waals surface area contributed by atoms with Crippen LogP contribution in [0.3, 0.4) is 0 Å². The molecule has 148 valence electrons. The number of rotatable bonds is 6. The number of Topliss-reactive ketones (excluding diaryl/α,β-unsaturated/α-hetero) is 1. The van der Waals surface area contributed by atoms with Crippen LogP contribution in [0.4, 0.5) is 0 Å². The zero-order chi connectivity index (χ0) is 20.4. The molecule has 29 heavy (non-hydrogen) atoms. The average molecular weight is 410 g/mol. The summed E-state index contributed by atoms with van der Waals surface area (Å²) in [5.74, 6) is 1.36. The van der Waals surface area contributed by atoms with Crippen molar-refractivity contribution in [3.63, 3.8) is 0 Å². The minimum atomic E-state index is -0.227. The number of hydrogen-bond acceptors (Lipinski definition) is 7. The van der Waals surface area contributed by atoms with E-state index in [0.29, 0.717) is 39.9 Å². The van der Waals surface area contributed by atoms with Crippen LogP contribution in [0.15, 0.2) is 52.4 Å². The van der Waals surface area contributed by atoms with Gasteiger partial charge in [-0.1, -0.05) is 18.7 Å². The zero-order valence-electron chi connectivity index (χ0n) is 15.6. The van der Waals surface area contributed by atoms with Crippen molar-refractivity contribution in [3.8, 4) is 28.5 Å². The summed E-state index contributed by atoms with van der Waals surface area (Å²) in [6.07, 6.45) is 0.517. The number of hydrogen-bond donors (Lipinski definition) is 2. The van der Waals surface area contributed by atoms with Crippen LogP contribution in [0.2, 0.25) is 0 Å². The van der Waals surface area contributed by atoms with Crippen molar-refractivity contribution in [2.75, 3.05) is 12.5 Å². The van der Waals surface area contributed by atoms with E-state index in [-0.39, 0.29) is 29.6 Å². The van der Waals surface area contributed by atoms with E-state index in [1.165, 1.54) is 12.1 Å². The Balaban J connectivity index is 1.61. The zero-order valence-corrected chi connectivity index (χ0v) is 16.4. The summed E-state index contributed by atoms with van der Waals surface area (Å²) in [6, 6.07) is 11.5. The van der Waals surface area contributed by atoms with Crippen LogP contribution < -0.4 is 15.0 Å². The standard InChI is InChI=1S/C21H18N2O5S/c1-2-15-19(13-5-8-17-18(9-13)28-11-27-17)22-21(23-20(15)26)29-10-16(25)12-3-6-14(24)7-4-12/h3-9,24H,2,10-11H2,1H3,(H,22,23,26). The molecule has 1 aromatic heterocycles. The Kier molecular flexibility index (Phi) is 5.26. The van der Waals surface area contributed by atoms with E-state index in [1.807, 2.05) is 13.0 Å². The number of phenolic OH excluding ortho intramolecular Hbond substituents is 1. The summed E-state index contributed by atoms with van der Waals surface area (Å²) in [5.41, 5.74) is 2.14. The number of benzene rings is 2. The van der Waals surface area contributed by atoms with Gasteiger partial charge < -0.3 is 19.6 Å². The predicted octanol–water partition coefficient (Wildman–Crippen LogP) is 3.41. The molecule has 7 nitrogen and oxygen atoms in total. The largest absolute Gasteiger partial charge is 0.508 e. The molecule has 0 amide bonds. The highest BCUT2D eigenvalue weighted by Gasteiger charge is 2.18. The quantitative estimate of drug-likeness (QED) is 0.365. The number of fused-ring (bicyclic) bond motifs is 1. The third-order valence-electron chi connectivity index (χ3n) is 4.52. The maximum Gasteiger partial charge on any atom is 0.255 e. The second-order valence-electron chi connectivity index (χ2n) is 6.38. The first-order chi connectivity index (χ1) is 14.0. The van der Waals surface area contributed by atoms with Crippen molar-refractivity contribution in [1.29, 1.82) is 0 Å². The predicted molar refractivity (Wildman–Crippen MR) is 109 cm³/mol. The van der Waals surface area contributed by atoms with Crippen molar-refractivity contribution in [3.05, 3.63) is 63.9 Å². The molecule has 0 unspecified atom stereocenters. The Bertz CT molecular complexity index is 1120. The van der Waals surface area contributed by atoms with Gasteiger partial charge in [-0.25, -0.2) is 4.98 Å². The first-order valence-electron chi connectivity index (χ1n) is 9.03. The van der Waals surface area contributed by atoms with Crippen LogP contribution in [0.25, 0.3) is 11.3 Å². The molecule has 0 saturated heterocycles. The number of thioether (sulfide) groups is 1. The maximum absolute atomic E-state index is 12.6. The maximum atomic E-state index is 12.6. The minimum absolute atomic E-state index is 0.101. The van der Waals surface area contributed by atoms with Crippen LogP contribution in [0, 0.1) is 0 Å². The van der Waals surface area contributed by atoms with Gasteiger partial charge in [0.25, 0.3) is 5.56 Å². The van der Waals surface area contributed by atoms with Crippen molar-refractivity contribution >= 4 is 17.5 Å². The average Bonchev–Trinajstić information content (AvgIpc) is 3.20. The lowest BCUT2D eigenvalue weighted by Crippen LogP contribution is -2.17. The van der Waals surface area contributed by atoms with Crippen LogP contribution in [-0.4, -0.2) is 33.4 Å². The minimum Gasteiger partial charge on any atom is -0.508 e. The summed E-state index contributed by atoms with van der Waals surface area (Å²) in [6.45, 7) is 2.06. The van der Waals surface area contributed by atoms with Crippen molar-refractivity contribution in [2.45, 2.75) is 18.5 Å². The number of carbonyl (C=O) groups excluding carboxylic acids is 1. The summed E-state index contributed by atoms with van der Waals surface area (Å²) in [7, 11) is 0. The van der Waals surface area contributed by atoms with Crippen LogP contribution in [-0.2, 0) is 6.42 Å².